The molecule has 0 bridgehead atoms. The molecule has 0 heterocycles. The van der Waals surface area contributed by atoms with Gasteiger partial charge in [-0.15, -0.1) is 0 Å². The van der Waals surface area contributed by atoms with Crippen LogP contribution in [0.3, 0.4) is 0 Å². The third-order valence-electron chi connectivity index (χ3n) is 6.38. The fourth-order valence-corrected chi connectivity index (χ4v) is 4.93. The second-order valence-electron chi connectivity index (χ2n) is 8.45. The summed E-state index contributed by atoms with van der Waals surface area (Å²) in [6.45, 7) is 1.93. The summed E-state index contributed by atoms with van der Waals surface area (Å²) in [5.74, 6) is 1.02. The highest BCUT2D eigenvalue weighted by atomic mass is 19.1. The molecule has 3 atom stereocenters. The van der Waals surface area contributed by atoms with E-state index in [1.807, 2.05) is 30.3 Å². The Morgan fingerprint density at radius 2 is 1.80 bits per heavy atom. The summed E-state index contributed by atoms with van der Waals surface area (Å²) in [6, 6.07) is 19.1. The summed E-state index contributed by atoms with van der Waals surface area (Å²) in [4.78, 5) is 10.6. The molecule has 3 nitrogen and oxygen atoms in total. The number of aliphatic carboxylic acids is 1. The quantitative estimate of drug-likeness (QED) is 0.486. The molecule has 0 spiro atoms. The number of carboxylic acid groups (broad SMARTS) is 1. The summed E-state index contributed by atoms with van der Waals surface area (Å²) < 4.78 is 19.4. The van der Waals surface area contributed by atoms with E-state index in [1.54, 1.807) is 6.07 Å². The van der Waals surface area contributed by atoms with Crippen LogP contribution in [0, 0.1) is 11.7 Å². The summed E-state index contributed by atoms with van der Waals surface area (Å²) in [5.41, 5.74) is 2.52. The topological polar surface area (TPSA) is 46.5 Å². The van der Waals surface area contributed by atoms with Gasteiger partial charge < -0.3 is 9.84 Å². The Hall–Kier alpha value is -2.88. The lowest BCUT2D eigenvalue weighted by atomic mass is 9.86. The minimum absolute atomic E-state index is 0.154. The molecule has 4 rings (SSSR count). The second kappa shape index (κ2) is 8.86. The van der Waals surface area contributed by atoms with Crippen molar-refractivity contribution in [2.45, 2.75) is 44.4 Å². The van der Waals surface area contributed by atoms with E-state index in [2.05, 4.69) is 25.1 Å². The van der Waals surface area contributed by atoms with E-state index < -0.39 is 5.97 Å². The predicted molar refractivity (Wildman–Crippen MR) is 117 cm³/mol. The van der Waals surface area contributed by atoms with Crippen LogP contribution in [0.1, 0.15) is 55.6 Å². The number of carbonyl (C=O) groups is 1. The zero-order chi connectivity index (χ0) is 21.1. The molecule has 0 saturated heterocycles. The Balaban J connectivity index is 1.39. The third-order valence-corrected chi connectivity index (χ3v) is 6.38. The van der Waals surface area contributed by atoms with Gasteiger partial charge in [0, 0.05) is 5.39 Å². The number of benzene rings is 3. The Bertz CT molecular complexity index is 1030. The van der Waals surface area contributed by atoms with E-state index in [0.717, 1.165) is 24.6 Å². The lowest BCUT2D eigenvalue weighted by Crippen LogP contribution is -2.09. The standard InChI is InChI=1S/C26H27FO3/c1-17(22-4-2-6-24-23(22)5-3-7-25(24)27)14-18-8-9-20(15-18)19-10-12-21(13-11-19)30-16-26(28)29/h2-7,10-13,17-18,20H,8-9,14-16H2,1H3,(H,28,29)/t17-,18?,20?/m0/s1. The van der Waals surface area contributed by atoms with Crippen molar-refractivity contribution < 1.29 is 19.0 Å². The second-order valence-corrected chi connectivity index (χ2v) is 8.45. The molecule has 2 unspecified atom stereocenters. The van der Waals surface area contributed by atoms with Crippen molar-refractivity contribution in [3.63, 3.8) is 0 Å². The van der Waals surface area contributed by atoms with Crippen molar-refractivity contribution in [3.8, 4) is 5.75 Å². The highest BCUT2D eigenvalue weighted by Crippen LogP contribution is 2.43. The van der Waals surface area contributed by atoms with Crippen LogP contribution in [-0.4, -0.2) is 17.7 Å². The van der Waals surface area contributed by atoms with E-state index in [1.165, 1.54) is 23.6 Å². The van der Waals surface area contributed by atoms with Crippen LogP contribution in [0.5, 0.6) is 5.75 Å². The molecule has 3 aromatic rings. The van der Waals surface area contributed by atoms with Crippen LogP contribution >= 0.6 is 0 Å². The Morgan fingerprint density at radius 3 is 2.57 bits per heavy atom. The van der Waals surface area contributed by atoms with Crippen molar-refractivity contribution in [2.75, 3.05) is 6.61 Å². The number of rotatable bonds is 7. The fourth-order valence-electron chi connectivity index (χ4n) is 4.93. The number of hydrogen-bond donors (Lipinski definition) is 1. The molecule has 1 aliphatic carbocycles. The van der Waals surface area contributed by atoms with Crippen molar-refractivity contribution in [3.05, 3.63) is 77.6 Å². The largest absolute Gasteiger partial charge is 0.482 e. The van der Waals surface area contributed by atoms with Gasteiger partial charge >= 0.3 is 5.97 Å². The number of carboxylic acids is 1. The summed E-state index contributed by atoms with van der Waals surface area (Å²) >= 11 is 0. The number of halogens is 1. The summed E-state index contributed by atoms with van der Waals surface area (Å²) in [5, 5.41) is 10.4. The molecule has 3 aromatic carbocycles. The molecule has 1 fully saturated rings. The molecule has 0 aromatic heterocycles. The van der Waals surface area contributed by atoms with Gasteiger partial charge in [-0.1, -0.05) is 49.4 Å². The van der Waals surface area contributed by atoms with Crippen molar-refractivity contribution >= 4 is 16.7 Å². The Morgan fingerprint density at radius 1 is 1.07 bits per heavy atom. The van der Waals surface area contributed by atoms with Gasteiger partial charge in [-0.25, -0.2) is 9.18 Å². The lowest BCUT2D eigenvalue weighted by molar-refractivity contribution is -0.139. The SMILES string of the molecule is C[C@@H](CC1CCC(c2ccc(OCC(=O)O)cc2)C1)c1cccc2c(F)cccc12. The van der Waals surface area contributed by atoms with Gasteiger partial charge in [0.1, 0.15) is 11.6 Å². The van der Waals surface area contributed by atoms with Crippen molar-refractivity contribution in [2.24, 2.45) is 5.92 Å². The normalized spacial score (nSPS) is 19.7. The van der Waals surface area contributed by atoms with Gasteiger partial charge in [-0.3, -0.25) is 0 Å². The molecule has 156 valence electrons. The molecule has 1 saturated carbocycles. The maximum atomic E-state index is 14.2. The highest BCUT2D eigenvalue weighted by molar-refractivity contribution is 5.86. The highest BCUT2D eigenvalue weighted by Gasteiger charge is 2.27. The number of ether oxygens (including phenoxy) is 1. The monoisotopic (exact) mass is 406 g/mol. The fraction of sp³-hybridized carbons (Fsp3) is 0.346. The molecule has 1 aliphatic rings. The van der Waals surface area contributed by atoms with Crippen LogP contribution in [0.25, 0.3) is 10.8 Å². The Labute approximate surface area is 176 Å². The average molecular weight is 406 g/mol. The molecule has 0 amide bonds. The molecular weight excluding hydrogens is 379 g/mol. The van der Waals surface area contributed by atoms with Gasteiger partial charge in [0.25, 0.3) is 0 Å². The van der Waals surface area contributed by atoms with Crippen LogP contribution < -0.4 is 4.74 Å². The molecule has 1 N–H and O–H groups in total. The maximum Gasteiger partial charge on any atom is 0.341 e. The first kappa shape index (κ1) is 20.4. The number of fused-ring (bicyclic) bond motifs is 1. The van der Waals surface area contributed by atoms with Crippen LogP contribution in [-0.2, 0) is 4.79 Å². The third kappa shape index (κ3) is 4.48. The molecular formula is C26H27FO3. The summed E-state index contributed by atoms with van der Waals surface area (Å²) in [6.07, 6.45) is 4.62. The minimum Gasteiger partial charge on any atom is -0.482 e. The first-order chi connectivity index (χ1) is 14.5. The van der Waals surface area contributed by atoms with Gasteiger partial charge in [0.15, 0.2) is 6.61 Å². The molecule has 30 heavy (non-hydrogen) atoms. The molecule has 0 radical (unpaired) electrons. The van der Waals surface area contributed by atoms with E-state index in [4.69, 9.17) is 9.84 Å². The van der Waals surface area contributed by atoms with Crippen LogP contribution in [0.15, 0.2) is 60.7 Å². The van der Waals surface area contributed by atoms with Crippen LogP contribution in [0.2, 0.25) is 0 Å². The van der Waals surface area contributed by atoms with Gasteiger partial charge in [-0.05, 0) is 78.1 Å². The first-order valence-corrected chi connectivity index (χ1v) is 10.6. The zero-order valence-corrected chi connectivity index (χ0v) is 17.2. The van der Waals surface area contributed by atoms with Crippen molar-refractivity contribution in [1.29, 1.82) is 0 Å². The van der Waals surface area contributed by atoms with Crippen molar-refractivity contribution in [1.82, 2.24) is 0 Å². The molecule has 4 heteroatoms. The lowest BCUT2D eigenvalue weighted by Gasteiger charge is -2.19. The number of hydrogen-bond acceptors (Lipinski definition) is 2. The predicted octanol–water partition coefficient (Wildman–Crippen LogP) is 6.52. The van der Waals surface area contributed by atoms with E-state index in [-0.39, 0.29) is 12.4 Å². The maximum absolute atomic E-state index is 14.2. The smallest absolute Gasteiger partial charge is 0.341 e. The molecule has 0 aliphatic heterocycles. The van der Waals surface area contributed by atoms with Gasteiger partial charge in [0.05, 0.1) is 0 Å². The van der Waals surface area contributed by atoms with Gasteiger partial charge in [-0.2, -0.15) is 0 Å². The summed E-state index contributed by atoms with van der Waals surface area (Å²) in [7, 11) is 0. The van der Waals surface area contributed by atoms with E-state index in [0.29, 0.717) is 28.9 Å². The van der Waals surface area contributed by atoms with Gasteiger partial charge in [0.2, 0.25) is 0 Å². The first-order valence-electron chi connectivity index (χ1n) is 10.6. The Kier molecular flexibility index (Phi) is 6.03. The zero-order valence-electron chi connectivity index (χ0n) is 17.2. The average Bonchev–Trinajstić information content (AvgIpc) is 3.21. The van der Waals surface area contributed by atoms with E-state index >= 15 is 0 Å². The van der Waals surface area contributed by atoms with Crippen LogP contribution in [0.4, 0.5) is 4.39 Å². The minimum atomic E-state index is -0.972. The van der Waals surface area contributed by atoms with E-state index in [9.17, 15) is 9.18 Å².